The fraction of sp³-hybridized carbons (Fsp3) is 0.667. The predicted molar refractivity (Wildman–Crippen MR) is 89.4 cm³/mol. The Morgan fingerprint density at radius 1 is 1.43 bits per heavy atom. The smallest absolute Gasteiger partial charge is 0.243 e. The Balaban J connectivity index is 0.00000192. The standard InChI is InChI=1S/C15H23N5O2.ClH/c1-19(2)13(21)10-20-8-3-12(18-20)17-14(22)11-9-15(11)4-6-16-7-5-15;/h3,8,11,16H,4-7,9-10H2,1-2H3,(H,17,18,22);1H. The zero-order chi connectivity index (χ0) is 15.7. The lowest BCUT2D eigenvalue weighted by molar-refractivity contribution is -0.129. The summed E-state index contributed by atoms with van der Waals surface area (Å²) >= 11 is 0. The van der Waals surface area contributed by atoms with Crippen molar-refractivity contribution in [3.63, 3.8) is 0 Å². The Bertz CT molecular complexity index is 580. The van der Waals surface area contributed by atoms with Crippen LogP contribution in [0.25, 0.3) is 0 Å². The molecule has 1 spiro atoms. The zero-order valence-electron chi connectivity index (χ0n) is 13.5. The molecule has 8 heteroatoms. The molecule has 1 aliphatic heterocycles. The van der Waals surface area contributed by atoms with Crippen molar-refractivity contribution < 1.29 is 9.59 Å². The molecule has 23 heavy (non-hydrogen) atoms. The van der Waals surface area contributed by atoms with Crippen molar-refractivity contribution in [3.8, 4) is 0 Å². The highest BCUT2D eigenvalue weighted by molar-refractivity contribution is 5.94. The van der Waals surface area contributed by atoms with Crippen LogP contribution < -0.4 is 10.6 Å². The van der Waals surface area contributed by atoms with Gasteiger partial charge in [0.1, 0.15) is 6.54 Å². The number of carbonyl (C=O) groups is 2. The van der Waals surface area contributed by atoms with E-state index in [0.717, 1.165) is 32.4 Å². The summed E-state index contributed by atoms with van der Waals surface area (Å²) in [5.41, 5.74) is 0.221. The maximum absolute atomic E-state index is 12.3. The number of hydrogen-bond acceptors (Lipinski definition) is 4. The fourth-order valence-corrected chi connectivity index (χ4v) is 3.21. The summed E-state index contributed by atoms with van der Waals surface area (Å²) in [6.45, 7) is 2.19. The Hall–Kier alpha value is -1.60. The Morgan fingerprint density at radius 2 is 2.13 bits per heavy atom. The molecule has 1 atom stereocenters. The zero-order valence-corrected chi connectivity index (χ0v) is 14.4. The van der Waals surface area contributed by atoms with Crippen LogP contribution in [0.4, 0.5) is 5.82 Å². The number of nitrogens with zero attached hydrogens (tertiary/aromatic N) is 3. The van der Waals surface area contributed by atoms with Crippen LogP contribution in [0, 0.1) is 11.3 Å². The van der Waals surface area contributed by atoms with Crippen molar-refractivity contribution in [2.45, 2.75) is 25.8 Å². The van der Waals surface area contributed by atoms with E-state index in [9.17, 15) is 9.59 Å². The van der Waals surface area contributed by atoms with Gasteiger partial charge in [0, 0.05) is 32.3 Å². The lowest BCUT2D eigenvalue weighted by Crippen LogP contribution is -2.31. The molecule has 1 saturated heterocycles. The number of aromatic nitrogens is 2. The number of nitrogens with one attached hydrogen (secondary N) is 2. The summed E-state index contributed by atoms with van der Waals surface area (Å²) in [5, 5.41) is 10.5. The molecule has 0 bridgehead atoms. The minimum atomic E-state index is -0.0307. The van der Waals surface area contributed by atoms with Crippen LogP contribution in [0.15, 0.2) is 12.3 Å². The van der Waals surface area contributed by atoms with Gasteiger partial charge in [-0.25, -0.2) is 0 Å². The molecule has 0 radical (unpaired) electrons. The van der Waals surface area contributed by atoms with Crippen LogP contribution in [-0.4, -0.2) is 53.7 Å². The van der Waals surface area contributed by atoms with E-state index < -0.39 is 0 Å². The molecule has 1 aliphatic carbocycles. The van der Waals surface area contributed by atoms with Crippen LogP contribution in [0.2, 0.25) is 0 Å². The number of piperidine rings is 1. The predicted octanol–water partition coefficient (Wildman–Crippen LogP) is 0.721. The monoisotopic (exact) mass is 341 g/mol. The van der Waals surface area contributed by atoms with E-state index in [1.54, 1.807) is 31.0 Å². The first-order valence-corrected chi connectivity index (χ1v) is 7.75. The number of carbonyl (C=O) groups excluding carboxylic acids is 2. The number of hydrogen-bond donors (Lipinski definition) is 2. The molecule has 2 amide bonds. The van der Waals surface area contributed by atoms with Gasteiger partial charge in [-0.05, 0) is 37.8 Å². The first-order chi connectivity index (χ1) is 10.5. The summed E-state index contributed by atoms with van der Waals surface area (Å²) < 4.78 is 1.55. The summed E-state index contributed by atoms with van der Waals surface area (Å²) in [6, 6.07) is 1.73. The Morgan fingerprint density at radius 3 is 2.78 bits per heavy atom. The van der Waals surface area contributed by atoms with E-state index in [1.165, 1.54) is 4.90 Å². The van der Waals surface area contributed by atoms with Gasteiger partial charge in [-0.3, -0.25) is 14.3 Å². The minimum Gasteiger partial charge on any atom is -0.347 e. The molecule has 2 aliphatic rings. The summed E-state index contributed by atoms with van der Waals surface area (Å²) in [6.07, 6.45) is 4.86. The second-order valence-corrected chi connectivity index (χ2v) is 6.55. The SMILES string of the molecule is CN(C)C(=O)Cn1ccc(NC(=O)C2CC23CCNCC3)n1.Cl. The number of anilines is 1. The normalized spacial score (nSPS) is 21.4. The average Bonchev–Trinajstić information content (AvgIpc) is 2.99. The molecular formula is C15H24ClN5O2. The summed E-state index contributed by atoms with van der Waals surface area (Å²) in [5.74, 6) is 0.665. The van der Waals surface area contributed by atoms with Gasteiger partial charge in [0.15, 0.2) is 5.82 Å². The molecule has 1 aromatic rings. The highest BCUT2D eigenvalue weighted by Crippen LogP contribution is 2.58. The van der Waals surface area contributed by atoms with Crippen molar-refractivity contribution in [3.05, 3.63) is 12.3 Å². The van der Waals surface area contributed by atoms with Crippen molar-refractivity contribution in [1.82, 2.24) is 20.0 Å². The van der Waals surface area contributed by atoms with Crippen molar-refractivity contribution in [1.29, 1.82) is 0 Å². The third-order valence-corrected chi connectivity index (χ3v) is 4.79. The highest BCUT2D eigenvalue weighted by Gasteiger charge is 2.57. The van der Waals surface area contributed by atoms with Gasteiger partial charge in [-0.2, -0.15) is 5.10 Å². The van der Waals surface area contributed by atoms with Crippen molar-refractivity contribution >= 4 is 30.0 Å². The minimum absolute atomic E-state index is 0. The number of likely N-dealkylation sites (N-methyl/N-ethyl adjacent to an activating group) is 1. The molecule has 128 valence electrons. The Kier molecular flexibility index (Phi) is 5.31. The van der Waals surface area contributed by atoms with Gasteiger partial charge in [-0.1, -0.05) is 0 Å². The molecule has 2 fully saturated rings. The van der Waals surface area contributed by atoms with E-state index in [4.69, 9.17) is 0 Å². The third-order valence-electron chi connectivity index (χ3n) is 4.79. The first kappa shape index (κ1) is 17.7. The largest absolute Gasteiger partial charge is 0.347 e. The molecule has 2 N–H and O–H groups in total. The van der Waals surface area contributed by atoms with Gasteiger partial charge in [0.25, 0.3) is 0 Å². The molecule has 0 aromatic carbocycles. The summed E-state index contributed by atoms with van der Waals surface area (Å²) in [7, 11) is 3.42. The number of amides is 2. The molecule has 2 heterocycles. The fourth-order valence-electron chi connectivity index (χ4n) is 3.21. The van der Waals surface area contributed by atoms with Crippen molar-refractivity contribution in [2.24, 2.45) is 11.3 Å². The molecular weight excluding hydrogens is 318 g/mol. The quantitative estimate of drug-likeness (QED) is 0.846. The molecule has 1 saturated carbocycles. The molecule has 7 nitrogen and oxygen atoms in total. The van der Waals surface area contributed by atoms with Crippen LogP contribution in [-0.2, 0) is 16.1 Å². The number of rotatable bonds is 4. The van der Waals surface area contributed by atoms with E-state index in [1.807, 2.05) is 0 Å². The van der Waals surface area contributed by atoms with Gasteiger partial charge in [0.05, 0.1) is 0 Å². The average molecular weight is 342 g/mol. The molecule has 3 rings (SSSR count). The van der Waals surface area contributed by atoms with Crippen LogP contribution in [0.5, 0.6) is 0 Å². The van der Waals surface area contributed by atoms with E-state index in [0.29, 0.717) is 5.82 Å². The summed E-state index contributed by atoms with van der Waals surface area (Å²) in [4.78, 5) is 25.5. The van der Waals surface area contributed by atoms with Gasteiger partial charge in [-0.15, -0.1) is 12.4 Å². The lowest BCUT2D eigenvalue weighted by atomic mass is 9.92. The highest BCUT2D eigenvalue weighted by atomic mass is 35.5. The maximum Gasteiger partial charge on any atom is 0.243 e. The Labute approximate surface area is 142 Å². The topological polar surface area (TPSA) is 79.3 Å². The van der Waals surface area contributed by atoms with Gasteiger partial charge in [0.2, 0.25) is 11.8 Å². The second-order valence-electron chi connectivity index (χ2n) is 6.55. The number of halogens is 1. The lowest BCUT2D eigenvalue weighted by Gasteiger charge is -2.23. The third kappa shape index (κ3) is 3.84. The first-order valence-electron chi connectivity index (χ1n) is 7.75. The van der Waals surface area contributed by atoms with Crippen LogP contribution >= 0.6 is 12.4 Å². The van der Waals surface area contributed by atoms with E-state index in [2.05, 4.69) is 15.7 Å². The molecule has 1 aromatic heterocycles. The van der Waals surface area contributed by atoms with E-state index >= 15 is 0 Å². The van der Waals surface area contributed by atoms with E-state index in [-0.39, 0.29) is 42.1 Å². The maximum atomic E-state index is 12.3. The van der Waals surface area contributed by atoms with Crippen molar-refractivity contribution in [2.75, 3.05) is 32.5 Å². The second kappa shape index (κ2) is 6.88. The van der Waals surface area contributed by atoms with Crippen LogP contribution in [0.3, 0.4) is 0 Å². The molecule has 1 unspecified atom stereocenters. The van der Waals surface area contributed by atoms with Crippen LogP contribution in [0.1, 0.15) is 19.3 Å². The van der Waals surface area contributed by atoms with Gasteiger partial charge < -0.3 is 15.5 Å². The van der Waals surface area contributed by atoms with Gasteiger partial charge >= 0.3 is 0 Å².